The Hall–Kier alpha value is -3.92. The number of anilines is 2. The minimum Gasteiger partial charge on any atom is -0.321 e. The molecule has 4 rings (SSSR count). The van der Waals surface area contributed by atoms with E-state index < -0.39 is 27.7 Å². The Bertz CT molecular complexity index is 1440. The Kier molecular flexibility index (Phi) is 5.77. The molecule has 0 bridgehead atoms. The van der Waals surface area contributed by atoms with Crippen LogP contribution in [0.15, 0.2) is 90.0 Å². The van der Waals surface area contributed by atoms with Crippen molar-refractivity contribution in [1.29, 1.82) is 0 Å². The number of pyridine rings is 1. The monoisotopic (exact) mass is 471 g/mol. The molecule has 10 heteroatoms. The molecule has 0 aliphatic carbocycles. The quantitative estimate of drug-likeness (QED) is 0.413. The first kappa shape index (κ1) is 22.3. The van der Waals surface area contributed by atoms with Gasteiger partial charge < -0.3 is 5.32 Å². The third-order valence-corrected chi connectivity index (χ3v) is 6.13. The van der Waals surface area contributed by atoms with Crippen molar-refractivity contribution in [2.45, 2.75) is 11.1 Å². The van der Waals surface area contributed by atoms with Crippen LogP contribution in [0.1, 0.15) is 15.9 Å². The number of carbonyl (C=O) groups is 1. The fourth-order valence-electron chi connectivity index (χ4n) is 3.15. The smallest absolute Gasteiger partial charge is 0.321 e. The van der Waals surface area contributed by atoms with E-state index in [4.69, 9.17) is 0 Å². The number of nitrogens with zero attached hydrogens (tertiary/aromatic N) is 1. The number of benzene rings is 3. The first-order valence-corrected chi connectivity index (χ1v) is 11.1. The van der Waals surface area contributed by atoms with Gasteiger partial charge >= 0.3 is 6.18 Å². The zero-order chi connectivity index (χ0) is 23.6. The molecule has 1 aromatic heterocycles. The summed E-state index contributed by atoms with van der Waals surface area (Å²) in [5, 5.41) is 2.93. The number of halogens is 3. The van der Waals surface area contributed by atoms with E-state index in [0.29, 0.717) is 11.1 Å². The minimum atomic E-state index is -4.52. The van der Waals surface area contributed by atoms with Gasteiger partial charge in [0.25, 0.3) is 15.9 Å². The number of alkyl halides is 3. The van der Waals surface area contributed by atoms with E-state index in [-0.39, 0.29) is 21.7 Å². The van der Waals surface area contributed by atoms with Crippen molar-refractivity contribution in [3.8, 4) is 0 Å². The van der Waals surface area contributed by atoms with Gasteiger partial charge in [0.1, 0.15) is 0 Å². The van der Waals surface area contributed by atoms with Crippen molar-refractivity contribution in [3.63, 3.8) is 0 Å². The van der Waals surface area contributed by atoms with E-state index in [9.17, 15) is 26.4 Å². The molecule has 1 amide bonds. The second-order valence-corrected chi connectivity index (χ2v) is 8.72. The molecular weight excluding hydrogens is 455 g/mol. The number of nitrogens with one attached hydrogen (secondary N) is 2. The highest BCUT2D eigenvalue weighted by Crippen LogP contribution is 2.32. The first-order valence-electron chi connectivity index (χ1n) is 9.59. The molecule has 0 fully saturated rings. The number of aromatic nitrogens is 1. The molecule has 0 aliphatic heterocycles. The lowest BCUT2D eigenvalue weighted by Gasteiger charge is -2.12. The molecule has 2 N–H and O–H groups in total. The summed E-state index contributed by atoms with van der Waals surface area (Å²) in [4.78, 5) is 16.6. The second kappa shape index (κ2) is 8.55. The Balaban J connectivity index is 1.60. The molecule has 4 aromatic rings. The van der Waals surface area contributed by atoms with Gasteiger partial charge in [0.15, 0.2) is 0 Å². The number of hydrogen-bond acceptors (Lipinski definition) is 4. The average molecular weight is 471 g/mol. The molecule has 0 aliphatic rings. The molecular formula is C23H16F3N3O3S. The van der Waals surface area contributed by atoms with E-state index in [0.717, 1.165) is 12.1 Å². The lowest BCUT2D eigenvalue weighted by atomic mass is 10.1. The molecule has 0 unspecified atom stereocenters. The topological polar surface area (TPSA) is 88.2 Å². The molecule has 3 aromatic carbocycles. The van der Waals surface area contributed by atoms with Crippen molar-refractivity contribution < 1.29 is 26.4 Å². The largest absolute Gasteiger partial charge is 0.416 e. The Morgan fingerprint density at radius 3 is 2.36 bits per heavy atom. The predicted molar refractivity (Wildman–Crippen MR) is 118 cm³/mol. The highest BCUT2D eigenvalue weighted by atomic mass is 32.2. The van der Waals surface area contributed by atoms with E-state index >= 15 is 0 Å². The van der Waals surface area contributed by atoms with Gasteiger partial charge in [-0.2, -0.15) is 13.2 Å². The molecule has 0 atom stereocenters. The third kappa shape index (κ3) is 4.96. The van der Waals surface area contributed by atoms with Gasteiger partial charge in [-0.3, -0.25) is 14.5 Å². The number of hydrogen-bond donors (Lipinski definition) is 2. The van der Waals surface area contributed by atoms with Crippen LogP contribution in [0.3, 0.4) is 0 Å². The van der Waals surface area contributed by atoms with Gasteiger partial charge in [0.05, 0.1) is 21.7 Å². The molecule has 0 radical (unpaired) electrons. The zero-order valence-electron chi connectivity index (χ0n) is 16.8. The minimum absolute atomic E-state index is 0.0582. The highest BCUT2D eigenvalue weighted by molar-refractivity contribution is 7.92. The summed E-state index contributed by atoms with van der Waals surface area (Å²) in [7, 11) is -3.94. The lowest BCUT2D eigenvalue weighted by molar-refractivity contribution is -0.137. The summed E-state index contributed by atoms with van der Waals surface area (Å²) in [6.45, 7) is 0. The maximum atomic E-state index is 13.0. The van der Waals surface area contributed by atoms with Crippen molar-refractivity contribution in [1.82, 2.24) is 4.98 Å². The molecule has 6 nitrogen and oxygen atoms in total. The van der Waals surface area contributed by atoms with Gasteiger partial charge in [0.2, 0.25) is 0 Å². The Morgan fingerprint density at radius 1 is 0.879 bits per heavy atom. The summed E-state index contributed by atoms with van der Waals surface area (Å²) in [6.07, 6.45) is -3.24. The van der Waals surface area contributed by atoms with Gasteiger partial charge in [-0.1, -0.05) is 30.3 Å². The highest BCUT2D eigenvalue weighted by Gasteiger charge is 2.30. The summed E-state index contributed by atoms with van der Waals surface area (Å²) in [5.41, 5.74) is -0.119. The molecule has 0 spiro atoms. The van der Waals surface area contributed by atoms with E-state index in [1.54, 1.807) is 30.3 Å². The van der Waals surface area contributed by atoms with Crippen LogP contribution >= 0.6 is 0 Å². The van der Waals surface area contributed by atoms with Crippen LogP contribution in [0, 0.1) is 0 Å². The number of carbonyl (C=O) groups excluding carboxylic acids is 1. The van der Waals surface area contributed by atoms with Gasteiger partial charge in [-0.05, 0) is 48.5 Å². The normalized spacial score (nSPS) is 11.8. The molecule has 0 saturated carbocycles. The average Bonchev–Trinajstić information content (AvgIpc) is 2.79. The number of fused-ring (bicyclic) bond motifs is 1. The first-order chi connectivity index (χ1) is 15.6. The van der Waals surface area contributed by atoms with Crippen molar-refractivity contribution in [2.24, 2.45) is 0 Å². The van der Waals surface area contributed by atoms with Gasteiger partial charge in [-0.15, -0.1) is 0 Å². The van der Waals surface area contributed by atoms with Crippen LogP contribution in [0.4, 0.5) is 24.5 Å². The van der Waals surface area contributed by atoms with Crippen molar-refractivity contribution in [3.05, 3.63) is 96.2 Å². The number of sulfonamides is 1. The fraction of sp³-hybridized carbons (Fsp3) is 0.0435. The van der Waals surface area contributed by atoms with Crippen LogP contribution in [-0.4, -0.2) is 19.3 Å². The molecule has 1 heterocycles. The summed E-state index contributed by atoms with van der Waals surface area (Å²) >= 11 is 0. The van der Waals surface area contributed by atoms with Crippen LogP contribution in [0.25, 0.3) is 10.9 Å². The van der Waals surface area contributed by atoms with Crippen LogP contribution in [-0.2, 0) is 16.2 Å². The van der Waals surface area contributed by atoms with E-state index in [1.165, 1.54) is 42.6 Å². The SMILES string of the molecule is O=C(Nc1ccnc2cc(C(F)(F)F)ccc12)c1cccc(S(=O)(=O)Nc2ccccc2)c1. The third-order valence-electron chi connectivity index (χ3n) is 4.75. The predicted octanol–water partition coefficient (Wildman–Crippen LogP) is 5.31. The Labute approximate surface area is 187 Å². The second-order valence-electron chi connectivity index (χ2n) is 7.04. The van der Waals surface area contributed by atoms with Crippen molar-refractivity contribution >= 4 is 38.2 Å². The van der Waals surface area contributed by atoms with Gasteiger partial charge in [0, 0.05) is 22.8 Å². The van der Waals surface area contributed by atoms with Crippen LogP contribution < -0.4 is 10.0 Å². The standard InChI is InChI=1S/C23H16F3N3O3S/c24-23(25,26)16-9-10-19-20(11-12-27-21(19)14-16)28-22(30)15-5-4-8-18(13-15)33(31,32)29-17-6-2-1-3-7-17/h1-14,29H,(H,27,28,30). The van der Waals surface area contributed by atoms with Gasteiger partial charge in [-0.25, -0.2) is 8.42 Å². The summed E-state index contributed by atoms with van der Waals surface area (Å²) in [5.74, 6) is -0.626. The van der Waals surface area contributed by atoms with Crippen LogP contribution in [0.2, 0.25) is 0 Å². The fourth-order valence-corrected chi connectivity index (χ4v) is 4.26. The lowest BCUT2D eigenvalue weighted by Crippen LogP contribution is -2.16. The van der Waals surface area contributed by atoms with Crippen molar-refractivity contribution in [2.75, 3.05) is 10.0 Å². The maximum absolute atomic E-state index is 13.0. The molecule has 33 heavy (non-hydrogen) atoms. The van der Waals surface area contributed by atoms with E-state index in [1.807, 2.05) is 0 Å². The van der Waals surface area contributed by atoms with Crippen LogP contribution in [0.5, 0.6) is 0 Å². The maximum Gasteiger partial charge on any atom is 0.416 e. The number of para-hydroxylation sites is 1. The van der Waals surface area contributed by atoms with E-state index in [2.05, 4.69) is 15.0 Å². The molecule has 0 saturated heterocycles. The molecule has 168 valence electrons. The summed E-state index contributed by atoms with van der Waals surface area (Å²) in [6, 6.07) is 18.2. The zero-order valence-corrected chi connectivity index (χ0v) is 17.6. The number of amides is 1. The summed E-state index contributed by atoms with van der Waals surface area (Å²) < 4.78 is 66.7. The Morgan fingerprint density at radius 2 is 1.64 bits per heavy atom. The number of rotatable bonds is 5.